The minimum absolute atomic E-state index is 0.0478. The van der Waals surface area contributed by atoms with Crippen LogP contribution in [0.25, 0.3) is 0 Å². The number of hydrogen-bond donors (Lipinski definition) is 0. The van der Waals surface area contributed by atoms with Crippen molar-refractivity contribution in [1.29, 1.82) is 0 Å². The molecule has 0 aliphatic heterocycles. The van der Waals surface area contributed by atoms with Gasteiger partial charge in [-0.15, -0.1) is 0 Å². The molecule has 0 aromatic carbocycles. The first-order valence-electron chi connectivity index (χ1n) is 10.0. The SMILES string of the molecule is O=C(OC(=O)C1CCCCCCCC1)C1CCCCCCCC1. The summed E-state index contributed by atoms with van der Waals surface area (Å²) in [5, 5.41) is 0. The summed E-state index contributed by atoms with van der Waals surface area (Å²) in [5.41, 5.74) is 0. The van der Waals surface area contributed by atoms with Crippen LogP contribution in [-0.2, 0) is 14.3 Å². The maximum atomic E-state index is 12.4. The summed E-state index contributed by atoms with van der Waals surface area (Å²) in [4.78, 5) is 24.8. The molecule has 0 N–H and O–H groups in total. The Morgan fingerprint density at radius 2 is 0.739 bits per heavy atom. The number of esters is 2. The van der Waals surface area contributed by atoms with Crippen LogP contribution in [0.5, 0.6) is 0 Å². The fourth-order valence-electron chi connectivity index (χ4n) is 4.00. The summed E-state index contributed by atoms with van der Waals surface area (Å²) in [7, 11) is 0. The van der Waals surface area contributed by atoms with Crippen molar-refractivity contribution in [3.05, 3.63) is 0 Å². The molecule has 3 heteroatoms. The van der Waals surface area contributed by atoms with Crippen molar-refractivity contribution in [3.63, 3.8) is 0 Å². The molecule has 132 valence electrons. The first-order valence-corrected chi connectivity index (χ1v) is 10.0. The fourth-order valence-corrected chi connectivity index (χ4v) is 4.00. The molecule has 2 aliphatic rings. The van der Waals surface area contributed by atoms with Gasteiger partial charge in [0.25, 0.3) is 0 Å². The molecule has 2 saturated carbocycles. The van der Waals surface area contributed by atoms with Crippen molar-refractivity contribution < 1.29 is 14.3 Å². The third-order valence-electron chi connectivity index (χ3n) is 5.58. The lowest BCUT2D eigenvalue weighted by atomic mass is 9.96. The van der Waals surface area contributed by atoms with E-state index >= 15 is 0 Å². The zero-order valence-corrected chi connectivity index (χ0v) is 14.7. The lowest BCUT2D eigenvalue weighted by Gasteiger charge is -2.18. The van der Waals surface area contributed by atoms with Gasteiger partial charge in [0.15, 0.2) is 0 Å². The molecule has 0 radical (unpaired) electrons. The summed E-state index contributed by atoms with van der Waals surface area (Å²) in [5.74, 6) is -0.574. The van der Waals surface area contributed by atoms with Crippen molar-refractivity contribution in [2.45, 2.75) is 103 Å². The summed E-state index contributed by atoms with van der Waals surface area (Å²) in [6, 6.07) is 0. The van der Waals surface area contributed by atoms with Crippen LogP contribution in [0.4, 0.5) is 0 Å². The van der Waals surface area contributed by atoms with Crippen molar-refractivity contribution >= 4 is 11.9 Å². The zero-order chi connectivity index (χ0) is 16.3. The lowest BCUT2D eigenvalue weighted by molar-refractivity contribution is -0.166. The fraction of sp³-hybridized carbons (Fsp3) is 0.900. The molecule has 2 fully saturated rings. The number of carbonyl (C=O) groups is 2. The third kappa shape index (κ3) is 7.05. The van der Waals surface area contributed by atoms with Gasteiger partial charge in [-0.3, -0.25) is 9.59 Å². The molecule has 0 aromatic rings. The predicted octanol–water partition coefficient (Wildman–Crippen LogP) is 5.56. The Hall–Kier alpha value is -0.860. The van der Waals surface area contributed by atoms with E-state index in [1.54, 1.807) is 0 Å². The second kappa shape index (κ2) is 10.8. The number of ether oxygens (including phenoxy) is 1. The van der Waals surface area contributed by atoms with Crippen LogP contribution in [0, 0.1) is 11.8 Å². The molecular formula is C20H34O3. The van der Waals surface area contributed by atoms with E-state index in [1.807, 2.05) is 0 Å². The summed E-state index contributed by atoms with van der Waals surface area (Å²) in [6.45, 7) is 0. The Morgan fingerprint density at radius 1 is 0.478 bits per heavy atom. The summed E-state index contributed by atoms with van der Waals surface area (Å²) < 4.78 is 5.33. The Bertz CT molecular complexity index is 310. The van der Waals surface area contributed by atoms with E-state index in [0.29, 0.717) is 0 Å². The summed E-state index contributed by atoms with van der Waals surface area (Å²) in [6.07, 6.45) is 17.9. The average molecular weight is 322 g/mol. The van der Waals surface area contributed by atoms with E-state index in [0.717, 1.165) is 51.4 Å². The average Bonchev–Trinajstić information content (AvgIpc) is 2.77. The number of rotatable bonds is 2. The summed E-state index contributed by atoms with van der Waals surface area (Å²) >= 11 is 0. The quantitative estimate of drug-likeness (QED) is 0.494. The first-order chi connectivity index (χ1) is 11.3. The minimum atomic E-state index is -0.239. The molecule has 0 bridgehead atoms. The minimum Gasteiger partial charge on any atom is -0.393 e. The molecule has 0 saturated heterocycles. The van der Waals surface area contributed by atoms with E-state index in [4.69, 9.17) is 4.74 Å². The lowest BCUT2D eigenvalue weighted by Crippen LogP contribution is -2.26. The smallest absolute Gasteiger partial charge is 0.316 e. The molecule has 0 aromatic heterocycles. The molecule has 2 aliphatic carbocycles. The maximum Gasteiger partial charge on any atom is 0.316 e. The van der Waals surface area contributed by atoms with Crippen LogP contribution >= 0.6 is 0 Å². The van der Waals surface area contributed by atoms with E-state index in [9.17, 15) is 9.59 Å². The zero-order valence-electron chi connectivity index (χ0n) is 14.7. The Labute approximate surface area is 141 Å². The van der Waals surface area contributed by atoms with Crippen LogP contribution in [-0.4, -0.2) is 11.9 Å². The molecule has 23 heavy (non-hydrogen) atoms. The molecule has 2 rings (SSSR count). The van der Waals surface area contributed by atoms with Crippen LogP contribution in [0.2, 0.25) is 0 Å². The standard InChI is InChI=1S/C20H34O3/c21-19(17-13-9-5-1-2-6-10-14-17)23-20(22)18-15-11-7-3-4-8-12-16-18/h17-18H,1-16H2. The van der Waals surface area contributed by atoms with Crippen molar-refractivity contribution in [1.82, 2.24) is 0 Å². The topological polar surface area (TPSA) is 43.4 Å². The van der Waals surface area contributed by atoms with Gasteiger partial charge < -0.3 is 4.74 Å². The maximum absolute atomic E-state index is 12.4. The first kappa shape index (κ1) is 18.5. The van der Waals surface area contributed by atoms with E-state index in [2.05, 4.69) is 0 Å². The predicted molar refractivity (Wildman–Crippen MR) is 92.0 cm³/mol. The van der Waals surface area contributed by atoms with Gasteiger partial charge in [0, 0.05) is 0 Å². The highest BCUT2D eigenvalue weighted by Gasteiger charge is 2.27. The largest absolute Gasteiger partial charge is 0.393 e. The van der Waals surface area contributed by atoms with Crippen molar-refractivity contribution in [2.24, 2.45) is 11.8 Å². The molecular weight excluding hydrogens is 288 g/mol. The van der Waals surface area contributed by atoms with Gasteiger partial charge in [-0.2, -0.15) is 0 Å². The Balaban J connectivity index is 1.82. The van der Waals surface area contributed by atoms with Gasteiger partial charge in [0.05, 0.1) is 11.8 Å². The van der Waals surface area contributed by atoms with E-state index in [-0.39, 0.29) is 23.8 Å². The molecule has 3 nitrogen and oxygen atoms in total. The van der Waals surface area contributed by atoms with Gasteiger partial charge in [-0.05, 0) is 25.7 Å². The molecule has 0 spiro atoms. The number of hydrogen-bond acceptors (Lipinski definition) is 3. The van der Waals surface area contributed by atoms with Crippen LogP contribution < -0.4 is 0 Å². The molecule has 0 heterocycles. The molecule has 0 amide bonds. The number of carbonyl (C=O) groups excluding carboxylic acids is 2. The highest BCUT2D eigenvalue weighted by Crippen LogP contribution is 2.26. The van der Waals surface area contributed by atoms with Gasteiger partial charge in [-0.1, -0.05) is 77.0 Å². The molecule has 0 unspecified atom stereocenters. The van der Waals surface area contributed by atoms with Gasteiger partial charge in [-0.25, -0.2) is 0 Å². The van der Waals surface area contributed by atoms with Crippen LogP contribution in [0.1, 0.15) is 103 Å². The van der Waals surface area contributed by atoms with E-state index in [1.165, 1.54) is 51.4 Å². The normalized spacial score (nSPS) is 23.5. The monoisotopic (exact) mass is 322 g/mol. The van der Waals surface area contributed by atoms with E-state index < -0.39 is 0 Å². The van der Waals surface area contributed by atoms with Gasteiger partial charge >= 0.3 is 11.9 Å². The Kier molecular flexibility index (Phi) is 8.70. The molecule has 0 atom stereocenters. The van der Waals surface area contributed by atoms with Crippen molar-refractivity contribution in [2.75, 3.05) is 0 Å². The third-order valence-corrected chi connectivity index (χ3v) is 5.58. The second-order valence-corrected chi connectivity index (χ2v) is 7.53. The second-order valence-electron chi connectivity index (χ2n) is 7.53. The Morgan fingerprint density at radius 3 is 1.04 bits per heavy atom. The highest BCUT2D eigenvalue weighted by molar-refractivity contribution is 5.87. The van der Waals surface area contributed by atoms with Gasteiger partial charge in [0.1, 0.15) is 0 Å². The van der Waals surface area contributed by atoms with Crippen LogP contribution in [0.3, 0.4) is 0 Å². The van der Waals surface area contributed by atoms with Gasteiger partial charge in [0.2, 0.25) is 0 Å². The highest BCUT2D eigenvalue weighted by atomic mass is 16.6. The van der Waals surface area contributed by atoms with Crippen molar-refractivity contribution in [3.8, 4) is 0 Å². The van der Waals surface area contributed by atoms with Crippen LogP contribution in [0.15, 0.2) is 0 Å².